The van der Waals surface area contributed by atoms with Crippen molar-refractivity contribution in [3.63, 3.8) is 0 Å². The Morgan fingerprint density at radius 3 is 2.14 bits per heavy atom. The molecule has 0 N–H and O–H groups in total. The van der Waals surface area contributed by atoms with E-state index in [0.717, 1.165) is 10.4 Å². The van der Waals surface area contributed by atoms with Gasteiger partial charge in [0.1, 0.15) is 5.82 Å². The third kappa shape index (κ3) is 0.196. The van der Waals surface area contributed by atoms with Gasteiger partial charge >= 0.3 is 0 Å². The molecule has 0 saturated carbocycles. The lowest BCUT2D eigenvalue weighted by Gasteiger charge is -2.00. The minimum absolute atomic E-state index is 0.0579. The largest absolute Gasteiger partial charge is 0.206 e. The second-order valence-corrected chi connectivity index (χ2v) is 1.69. The van der Waals surface area contributed by atoms with Crippen molar-refractivity contribution in [2.45, 2.75) is 0 Å². The van der Waals surface area contributed by atoms with E-state index < -0.39 is 0 Å². The van der Waals surface area contributed by atoms with Crippen molar-refractivity contribution in [3.8, 4) is 0 Å². The fraction of sp³-hybridized carbons (Fsp3) is 0. The standard InChI is InChI=1S/C6H3F/c7-6-3-4-1-2-5(4)6/h1-3H. The second-order valence-electron chi connectivity index (χ2n) is 1.69. The molecule has 34 valence electrons. The first-order chi connectivity index (χ1) is 3.38. The van der Waals surface area contributed by atoms with Crippen LogP contribution in [0.4, 0.5) is 4.39 Å². The maximum Gasteiger partial charge on any atom is 0.131 e. The van der Waals surface area contributed by atoms with Crippen LogP contribution in [0.5, 0.6) is 0 Å². The number of benzene rings is 1. The van der Waals surface area contributed by atoms with Crippen LogP contribution in [0.3, 0.4) is 0 Å². The molecular formula is C6H3F. The second kappa shape index (κ2) is 0.713. The summed E-state index contributed by atoms with van der Waals surface area (Å²) in [5, 5.41) is 1.87. The predicted molar refractivity (Wildman–Crippen MR) is 24.1 cm³/mol. The lowest BCUT2D eigenvalue weighted by molar-refractivity contribution is 0.605. The molecule has 0 aromatic heterocycles. The van der Waals surface area contributed by atoms with E-state index in [0.29, 0.717) is 0 Å². The van der Waals surface area contributed by atoms with Gasteiger partial charge in [0.05, 0.1) is 0 Å². The van der Waals surface area contributed by atoms with E-state index in [-0.39, 0.29) is 5.82 Å². The van der Waals surface area contributed by atoms with Crippen molar-refractivity contribution in [2.75, 3.05) is 0 Å². The molecule has 0 amide bonds. The highest BCUT2D eigenvalue weighted by atomic mass is 19.1. The summed E-state index contributed by atoms with van der Waals surface area (Å²) >= 11 is 0. The molecule has 0 heterocycles. The van der Waals surface area contributed by atoms with Gasteiger partial charge in [-0.2, -0.15) is 0 Å². The van der Waals surface area contributed by atoms with Crippen LogP contribution in [0.1, 0.15) is 0 Å². The van der Waals surface area contributed by atoms with E-state index in [9.17, 15) is 4.39 Å². The van der Waals surface area contributed by atoms with Gasteiger partial charge in [-0.15, -0.1) is 0 Å². The molecule has 2 rings (SSSR count). The summed E-state index contributed by atoms with van der Waals surface area (Å²) in [4.78, 5) is 0. The third-order valence-electron chi connectivity index (χ3n) is 1.28. The van der Waals surface area contributed by atoms with Crippen LogP contribution in [0.15, 0.2) is 18.2 Å². The third-order valence-corrected chi connectivity index (χ3v) is 1.28. The zero-order valence-corrected chi connectivity index (χ0v) is 3.61. The average molecular weight is 94.1 g/mol. The normalized spacial score (nSPS) is 11.6. The molecule has 2 aliphatic rings. The minimum atomic E-state index is -0.0579. The summed E-state index contributed by atoms with van der Waals surface area (Å²) in [6.07, 6.45) is 0. The van der Waals surface area contributed by atoms with Crippen molar-refractivity contribution in [2.24, 2.45) is 0 Å². The van der Waals surface area contributed by atoms with Gasteiger partial charge in [-0.05, 0) is 11.3 Å². The van der Waals surface area contributed by atoms with E-state index >= 15 is 0 Å². The molecule has 1 heteroatoms. The lowest BCUT2D eigenvalue weighted by atomic mass is 10.1. The fourth-order valence-corrected chi connectivity index (χ4v) is 0.743. The number of halogens is 1. The molecule has 0 unspecified atom stereocenters. The highest BCUT2D eigenvalue weighted by molar-refractivity contribution is 5.24. The Labute approximate surface area is 39.9 Å². The SMILES string of the molecule is Fc1cc2ccc1=2. The summed E-state index contributed by atoms with van der Waals surface area (Å²) in [6.45, 7) is 0. The fourth-order valence-electron chi connectivity index (χ4n) is 0.743. The maximum absolute atomic E-state index is 12.0. The number of hydrogen-bond donors (Lipinski definition) is 0. The van der Waals surface area contributed by atoms with Gasteiger partial charge in [0.2, 0.25) is 0 Å². The molecule has 0 aromatic carbocycles. The summed E-state index contributed by atoms with van der Waals surface area (Å²) in [7, 11) is 0. The number of hydrogen-bond acceptors (Lipinski definition) is 0. The molecule has 0 fully saturated rings. The van der Waals surface area contributed by atoms with E-state index in [1.165, 1.54) is 6.07 Å². The van der Waals surface area contributed by atoms with Gasteiger partial charge in [-0.1, -0.05) is 12.1 Å². The Hall–Kier alpha value is -0.850. The van der Waals surface area contributed by atoms with Crippen LogP contribution >= 0.6 is 0 Å². The van der Waals surface area contributed by atoms with Crippen molar-refractivity contribution >= 4 is 0 Å². The van der Waals surface area contributed by atoms with Crippen LogP contribution in [0, 0.1) is 16.3 Å². The van der Waals surface area contributed by atoms with Crippen molar-refractivity contribution in [1.29, 1.82) is 0 Å². The van der Waals surface area contributed by atoms with Gasteiger partial charge in [-0.25, -0.2) is 4.39 Å². The van der Waals surface area contributed by atoms with Crippen molar-refractivity contribution in [1.82, 2.24) is 0 Å². The van der Waals surface area contributed by atoms with Crippen LogP contribution in [0.2, 0.25) is 0 Å². The van der Waals surface area contributed by atoms with Gasteiger partial charge < -0.3 is 0 Å². The molecule has 0 aromatic rings. The predicted octanol–water partition coefficient (Wildman–Crippen LogP) is 1.43. The minimum Gasteiger partial charge on any atom is -0.206 e. The Balaban J connectivity index is 3.02. The Bertz CT molecular complexity index is 288. The van der Waals surface area contributed by atoms with Gasteiger partial charge in [0.15, 0.2) is 0 Å². The van der Waals surface area contributed by atoms with Crippen LogP contribution in [-0.4, -0.2) is 0 Å². The molecule has 0 nitrogen and oxygen atoms in total. The Morgan fingerprint density at radius 2 is 2.14 bits per heavy atom. The highest BCUT2D eigenvalue weighted by Gasteiger charge is 2.01. The molecule has 0 saturated heterocycles. The summed E-state index contributed by atoms with van der Waals surface area (Å²) in [5.41, 5.74) is 0. The Kier molecular flexibility index (Phi) is 0.325. The molecule has 0 atom stereocenters. The first kappa shape index (κ1) is 3.19. The summed E-state index contributed by atoms with van der Waals surface area (Å²) < 4.78 is 12.0. The van der Waals surface area contributed by atoms with Crippen molar-refractivity contribution in [3.05, 3.63) is 34.5 Å². The molecule has 0 spiro atoms. The zero-order valence-electron chi connectivity index (χ0n) is 3.61. The summed E-state index contributed by atoms with van der Waals surface area (Å²) in [6, 6.07) is 5.22. The molecule has 7 heavy (non-hydrogen) atoms. The first-order valence-corrected chi connectivity index (χ1v) is 2.18. The van der Waals surface area contributed by atoms with Crippen LogP contribution in [-0.2, 0) is 0 Å². The van der Waals surface area contributed by atoms with Crippen LogP contribution < -0.4 is 0 Å². The lowest BCUT2D eigenvalue weighted by Crippen LogP contribution is -1.90. The molecule has 0 radical (unpaired) electrons. The first-order valence-electron chi connectivity index (χ1n) is 2.18. The van der Waals surface area contributed by atoms with E-state index in [4.69, 9.17) is 0 Å². The maximum atomic E-state index is 12.0. The molecule has 0 aliphatic heterocycles. The van der Waals surface area contributed by atoms with Gasteiger partial charge in [0, 0.05) is 5.22 Å². The Morgan fingerprint density at radius 1 is 1.29 bits per heavy atom. The van der Waals surface area contributed by atoms with E-state index in [2.05, 4.69) is 0 Å². The smallest absolute Gasteiger partial charge is 0.131 e. The van der Waals surface area contributed by atoms with Gasteiger partial charge in [0.25, 0.3) is 0 Å². The topological polar surface area (TPSA) is 0 Å². The monoisotopic (exact) mass is 94.0 g/mol. The van der Waals surface area contributed by atoms with E-state index in [1.54, 1.807) is 6.07 Å². The quantitative estimate of drug-likeness (QED) is 0.463. The van der Waals surface area contributed by atoms with E-state index in [1.807, 2.05) is 6.07 Å². The highest BCUT2D eigenvalue weighted by Crippen LogP contribution is 2.12. The molecule has 2 aliphatic carbocycles. The molecular weight excluding hydrogens is 91.1 g/mol. The van der Waals surface area contributed by atoms with Gasteiger partial charge in [-0.3, -0.25) is 0 Å². The summed E-state index contributed by atoms with van der Waals surface area (Å²) in [5.74, 6) is -0.0579. The molecule has 0 bridgehead atoms. The van der Waals surface area contributed by atoms with Crippen molar-refractivity contribution < 1.29 is 4.39 Å². The number of rotatable bonds is 0. The van der Waals surface area contributed by atoms with Crippen LogP contribution in [0.25, 0.3) is 0 Å². The zero-order chi connectivity index (χ0) is 4.85. The average Bonchev–Trinajstić information content (AvgIpc) is 1.59.